The van der Waals surface area contributed by atoms with Crippen molar-refractivity contribution in [3.05, 3.63) is 20.7 Å². The fraction of sp³-hybridized carbons (Fsp3) is 0.143. The van der Waals surface area contributed by atoms with E-state index in [1.54, 1.807) is 19.2 Å². The number of hydrogen-bond donors (Lipinski definition) is 2. The van der Waals surface area contributed by atoms with Crippen LogP contribution in [0.3, 0.4) is 0 Å². The van der Waals surface area contributed by atoms with Gasteiger partial charge in [-0.05, 0) is 34.7 Å². The van der Waals surface area contributed by atoms with Crippen molar-refractivity contribution in [1.82, 2.24) is 0 Å². The lowest BCUT2D eigenvalue weighted by atomic mass is 10.3. The minimum Gasteiger partial charge on any atom is -0.506 e. The number of phenols is 1. The Bertz CT molecular complexity index is 254. The molecule has 0 heterocycles. The summed E-state index contributed by atoms with van der Waals surface area (Å²) in [7, 11) is 1.72. The minimum atomic E-state index is 0.185. The summed E-state index contributed by atoms with van der Waals surface area (Å²) >= 11 is 7.90. The minimum absolute atomic E-state index is 0.185. The quantitative estimate of drug-likeness (QED) is 0.613. The Morgan fingerprint density at radius 3 is 2.64 bits per heavy atom. The monoisotopic (exact) mass is 283 g/mol. The first-order valence-corrected chi connectivity index (χ1v) is 4.46. The van der Waals surface area contributed by atoms with Gasteiger partial charge in [0.1, 0.15) is 5.75 Å². The van der Waals surface area contributed by atoms with Gasteiger partial charge in [-0.1, -0.05) is 11.6 Å². The van der Waals surface area contributed by atoms with Gasteiger partial charge in [0.25, 0.3) is 0 Å². The molecular formula is C7H7ClINO. The van der Waals surface area contributed by atoms with E-state index >= 15 is 0 Å². The standard InChI is InChI=1S/C7H7ClINO/c1-10-7-5(8)2-4(9)3-6(7)11/h2-3,10-11H,1H3. The molecule has 0 saturated heterocycles. The molecule has 11 heavy (non-hydrogen) atoms. The second-order valence-corrected chi connectivity index (χ2v) is 3.68. The molecule has 0 aliphatic carbocycles. The number of rotatable bonds is 1. The van der Waals surface area contributed by atoms with Crippen molar-refractivity contribution < 1.29 is 5.11 Å². The average Bonchev–Trinajstić information content (AvgIpc) is 1.85. The van der Waals surface area contributed by atoms with E-state index in [4.69, 9.17) is 11.6 Å². The fourth-order valence-corrected chi connectivity index (χ4v) is 1.91. The first-order chi connectivity index (χ1) is 5.15. The molecule has 0 atom stereocenters. The van der Waals surface area contributed by atoms with Crippen molar-refractivity contribution in [2.45, 2.75) is 0 Å². The number of halogens is 2. The Hall–Kier alpha value is -0.160. The molecule has 4 heteroatoms. The van der Waals surface area contributed by atoms with Crippen LogP contribution in [-0.2, 0) is 0 Å². The first kappa shape index (κ1) is 8.93. The van der Waals surface area contributed by atoms with Crippen LogP contribution in [0.5, 0.6) is 5.75 Å². The third-order valence-corrected chi connectivity index (χ3v) is 2.21. The summed E-state index contributed by atoms with van der Waals surface area (Å²) in [6, 6.07) is 3.44. The van der Waals surface area contributed by atoms with Gasteiger partial charge >= 0.3 is 0 Å². The van der Waals surface area contributed by atoms with Gasteiger partial charge in [-0.3, -0.25) is 0 Å². The van der Waals surface area contributed by atoms with E-state index in [0.29, 0.717) is 10.7 Å². The molecule has 0 aromatic heterocycles. The zero-order valence-electron chi connectivity index (χ0n) is 5.86. The first-order valence-electron chi connectivity index (χ1n) is 3.01. The third-order valence-electron chi connectivity index (χ3n) is 1.28. The predicted octanol–water partition coefficient (Wildman–Crippen LogP) is 2.69. The highest BCUT2D eigenvalue weighted by atomic mass is 127. The highest BCUT2D eigenvalue weighted by molar-refractivity contribution is 14.1. The highest BCUT2D eigenvalue weighted by Crippen LogP contribution is 2.32. The SMILES string of the molecule is CNc1c(O)cc(I)cc1Cl. The van der Waals surface area contributed by atoms with Crippen LogP contribution >= 0.6 is 34.2 Å². The van der Waals surface area contributed by atoms with Crippen molar-refractivity contribution >= 4 is 39.9 Å². The molecular weight excluding hydrogens is 276 g/mol. The summed E-state index contributed by atoms with van der Waals surface area (Å²) < 4.78 is 0.920. The van der Waals surface area contributed by atoms with Gasteiger partial charge in [-0.2, -0.15) is 0 Å². The van der Waals surface area contributed by atoms with E-state index in [1.165, 1.54) is 0 Å². The van der Waals surface area contributed by atoms with Gasteiger partial charge in [0, 0.05) is 10.6 Å². The van der Waals surface area contributed by atoms with Crippen LogP contribution in [0.15, 0.2) is 12.1 Å². The summed E-state index contributed by atoms with van der Waals surface area (Å²) in [5.74, 6) is 0.185. The average molecular weight is 283 g/mol. The molecule has 1 rings (SSSR count). The summed E-state index contributed by atoms with van der Waals surface area (Å²) in [4.78, 5) is 0. The second-order valence-electron chi connectivity index (χ2n) is 2.03. The molecule has 2 N–H and O–H groups in total. The van der Waals surface area contributed by atoms with Crippen LogP contribution in [-0.4, -0.2) is 12.2 Å². The molecule has 0 unspecified atom stereocenters. The molecule has 0 spiro atoms. The number of nitrogens with one attached hydrogen (secondary N) is 1. The summed E-state index contributed by atoms with van der Waals surface area (Å²) in [5, 5.41) is 12.7. The maximum absolute atomic E-state index is 9.32. The molecule has 0 aliphatic rings. The second kappa shape index (κ2) is 3.49. The summed E-state index contributed by atoms with van der Waals surface area (Å²) in [5.41, 5.74) is 0.576. The van der Waals surface area contributed by atoms with Gasteiger partial charge in [-0.25, -0.2) is 0 Å². The third kappa shape index (κ3) is 1.90. The largest absolute Gasteiger partial charge is 0.506 e. The summed E-state index contributed by atoms with van der Waals surface area (Å²) in [6.07, 6.45) is 0. The van der Waals surface area contributed by atoms with Gasteiger partial charge in [0.05, 0.1) is 10.7 Å². The van der Waals surface area contributed by atoms with Gasteiger partial charge < -0.3 is 10.4 Å². The maximum atomic E-state index is 9.32. The van der Waals surface area contributed by atoms with Crippen LogP contribution < -0.4 is 5.32 Å². The number of phenolic OH excluding ortho intramolecular Hbond substituents is 1. The number of anilines is 1. The van der Waals surface area contributed by atoms with Gasteiger partial charge in [0.2, 0.25) is 0 Å². The van der Waals surface area contributed by atoms with E-state index in [0.717, 1.165) is 3.57 Å². The molecule has 0 aliphatic heterocycles. The van der Waals surface area contributed by atoms with Crippen LogP contribution in [0.25, 0.3) is 0 Å². The van der Waals surface area contributed by atoms with Crippen molar-refractivity contribution in [2.24, 2.45) is 0 Å². The molecule has 1 aromatic rings. The lowest BCUT2D eigenvalue weighted by Gasteiger charge is -2.05. The van der Waals surface area contributed by atoms with E-state index < -0.39 is 0 Å². The van der Waals surface area contributed by atoms with Gasteiger partial charge in [0.15, 0.2) is 0 Å². The Kier molecular flexibility index (Phi) is 2.84. The molecule has 60 valence electrons. The number of aromatic hydroxyl groups is 1. The normalized spacial score (nSPS) is 9.73. The molecule has 1 aromatic carbocycles. The molecule has 0 saturated carbocycles. The van der Waals surface area contributed by atoms with E-state index in [2.05, 4.69) is 27.9 Å². The van der Waals surface area contributed by atoms with Crippen LogP contribution in [0.4, 0.5) is 5.69 Å². The van der Waals surface area contributed by atoms with Crippen molar-refractivity contribution in [1.29, 1.82) is 0 Å². The topological polar surface area (TPSA) is 32.3 Å². The summed E-state index contributed by atoms with van der Waals surface area (Å²) in [6.45, 7) is 0. The molecule has 0 amide bonds. The van der Waals surface area contributed by atoms with Crippen LogP contribution in [0, 0.1) is 3.57 Å². The van der Waals surface area contributed by atoms with Gasteiger partial charge in [-0.15, -0.1) is 0 Å². The lowest BCUT2D eigenvalue weighted by Crippen LogP contribution is -1.90. The fourth-order valence-electron chi connectivity index (χ4n) is 0.808. The van der Waals surface area contributed by atoms with Crippen LogP contribution in [0.1, 0.15) is 0 Å². The van der Waals surface area contributed by atoms with Crippen molar-refractivity contribution in [3.63, 3.8) is 0 Å². The lowest BCUT2D eigenvalue weighted by molar-refractivity contribution is 0.477. The zero-order chi connectivity index (χ0) is 8.43. The molecule has 0 fully saturated rings. The van der Waals surface area contributed by atoms with Crippen molar-refractivity contribution in [3.8, 4) is 5.75 Å². The number of benzene rings is 1. The zero-order valence-corrected chi connectivity index (χ0v) is 8.77. The molecule has 2 nitrogen and oxygen atoms in total. The molecule has 0 radical (unpaired) electrons. The van der Waals surface area contributed by atoms with E-state index in [1.807, 2.05) is 0 Å². The van der Waals surface area contributed by atoms with E-state index in [9.17, 15) is 5.11 Å². The van der Waals surface area contributed by atoms with Crippen LogP contribution in [0.2, 0.25) is 5.02 Å². The predicted molar refractivity (Wildman–Crippen MR) is 55.4 cm³/mol. The Labute approximate surface area is 83.7 Å². The number of hydrogen-bond acceptors (Lipinski definition) is 2. The highest BCUT2D eigenvalue weighted by Gasteiger charge is 2.04. The van der Waals surface area contributed by atoms with E-state index in [-0.39, 0.29) is 5.75 Å². The molecule has 0 bridgehead atoms. The Morgan fingerprint density at radius 2 is 2.18 bits per heavy atom. The Balaban J connectivity index is 3.25. The smallest absolute Gasteiger partial charge is 0.141 e. The maximum Gasteiger partial charge on any atom is 0.141 e. The Morgan fingerprint density at radius 1 is 1.55 bits per heavy atom. The van der Waals surface area contributed by atoms with Crippen molar-refractivity contribution in [2.75, 3.05) is 12.4 Å².